The summed E-state index contributed by atoms with van der Waals surface area (Å²) in [5.74, 6) is -1.33. The van der Waals surface area contributed by atoms with Gasteiger partial charge in [-0.2, -0.15) is 0 Å². The molecule has 1 amide bonds. The summed E-state index contributed by atoms with van der Waals surface area (Å²) in [5.41, 5.74) is -0.772. The number of nitrogens with zero attached hydrogens (tertiary/aromatic N) is 1. The highest BCUT2D eigenvalue weighted by atomic mass is 16.4. The lowest BCUT2D eigenvalue weighted by molar-refractivity contribution is -0.144. The SMILES string of the molecule is CC(CCCCN1CCCC1)(NC(=O)c1ccc2ccccc2c1)C(=O)O. The molecule has 27 heavy (non-hydrogen) atoms. The first-order valence-electron chi connectivity index (χ1n) is 9.75. The summed E-state index contributed by atoms with van der Waals surface area (Å²) < 4.78 is 0. The minimum atomic E-state index is -1.26. The molecule has 1 atom stereocenters. The van der Waals surface area contributed by atoms with Crippen molar-refractivity contribution in [2.45, 2.75) is 44.6 Å². The minimum Gasteiger partial charge on any atom is -0.480 e. The number of rotatable bonds is 8. The second-order valence-electron chi connectivity index (χ2n) is 7.66. The molecule has 0 aliphatic carbocycles. The van der Waals surface area contributed by atoms with Crippen LogP contribution in [-0.2, 0) is 4.79 Å². The summed E-state index contributed by atoms with van der Waals surface area (Å²) in [7, 11) is 0. The number of carbonyl (C=O) groups is 2. The Hall–Kier alpha value is -2.40. The molecule has 1 fully saturated rings. The van der Waals surface area contributed by atoms with Gasteiger partial charge in [-0.25, -0.2) is 4.79 Å². The maximum Gasteiger partial charge on any atom is 0.329 e. The second kappa shape index (κ2) is 8.53. The lowest BCUT2D eigenvalue weighted by atomic mass is 9.94. The van der Waals surface area contributed by atoms with Crippen LogP contribution in [0.2, 0.25) is 0 Å². The Morgan fingerprint density at radius 2 is 1.78 bits per heavy atom. The van der Waals surface area contributed by atoms with Gasteiger partial charge in [-0.1, -0.05) is 30.3 Å². The van der Waals surface area contributed by atoms with E-state index < -0.39 is 11.5 Å². The number of carboxylic acids is 1. The van der Waals surface area contributed by atoms with Crippen LogP contribution in [0.25, 0.3) is 10.8 Å². The van der Waals surface area contributed by atoms with Crippen LogP contribution < -0.4 is 5.32 Å². The Bertz CT molecular complexity index is 814. The number of benzene rings is 2. The van der Waals surface area contributed by atoms with Crippen molar-refractivity contribution < 1.29 is 14.7 Å². The lowest BCUT2D eigenvalue weighted by Gasteiger charge is -2.27. The van der Waals surface area contributed by atoms with Crippen LogP contribution in [0.3, 0.4) is 0 Å². The standard InChI is InChI=1S/C22H28N2O3/c1-22(21(26)27,12-4-5-13-24-14-6-7-15-24)23-20(25)19-11-10-17-8-2-3-9-18(17)16-19/h2-3,8-11,16H,4-7,12-15H2,1H3,(H,23,25)(H,26,27). The van der Waals surface area contributed by atoms with Crippen LogP contribution in [0, 0.1) is 0 Å². The van der Waals surface area contributed by atoms with E-state index in [1.54, 1.807) is 19.1 Å². The van der Waals surface area contributed by atoms with Gasteiger partial charge in [0, 0.05) is 5.56 Å². The molecule has 3 rings (SSSR count). The highest BCUT2D eigenvalue weighted by Gasteiger charge is 2.34. The Morgan fingerprint density at radius 1 is 1.07 bits per heavy atom. The predicted octanol–water partition coefficient (Wildman–Crippen LogP) is 3.68. The fraction of sp³-hybridized carbons (Fsp3) is 0.455. The molecule has 0 bridgehead atoms. The van der Waals surface area contributed by atoms with Crippen molar-refractivity contribution >= 4 is 22.6 Å². The summed E-state index contributed by atoms with van der Waals surface area (Å²) in [6, 6.07) is 13.2. The highest BCUT2D eigenvalue weighted by molar-refractivity contribution is 6.00. The molecule has 1 saturated heterocycles. The Labute approximate surface area is 160 Å². The number of hydrogen-bond acceptors (Lipinski definition) is 3. The Morgan fingerprint density at radius 3 is 2.48 bits per heavy atom. The molecule has 5 heteroatoms. The molecule has 1 unspecified atom stereocenters. The molecule has 2 N–H and O–H groups in total. The molecule has 1 aliphatic rings. The molecule has 5 nitrogen and oxygen atoms in total. The zero-order valence-electron chi connectivity index (χ0n) is 15.9. The largest absolute Gasteiger partial charge is 0.480 e. The predicted molar refractivity (Wildman–Crippen MR) is 107 cm³/mol. The molecular formula is C22H28N2O3. The normalized spacial score (nSPS) is 16.9. The maximum atomic E-state index is 12.7. The summed E-state index contributed by atoms with van der Waals surface area (Å²) in [5, 5.41) is 14.5. The molecule has 2 aromatic carbocycles. The first-order chi connectivity index (χ1) is 13.0. The number of nitrogens with one attached hydrogen (secondary N) is 1. The third-order valence-corrected chi connectivity index (χ3v) is 5.47. The molecule has 0 spiro atoms. The second-order valence-corrected chi connectivity index (χ2v) is 7.66. The zero-order chi connectivity index (χ0) is 19.3. The van der Waals surface area contributed by atoms with Crippen LogP contribution in [0.4, 0.5) is 0 Å². The van der Waals surface area contributed by atoms with Gasteiger partial charge in [0.1, 0.15) is 5.54 Å². The van der Waals surface area contributed by atoms with Gasteiger partial charge < -0.3 is 15.3 Å². The van der Waals surface area contributed by atoms with Gasteiger partial charge in [0.25, 0.3) is 5.91 Å². The third kappa shape index (κ3) is 4.86. The highest BCUT2D eigenvalue weighted by Crippen LogP contribution is 2.19. The van der Waals surface area contributed by atoms with Crippen molar-refractivity contribution in [1.29, 1.82) is 0 Å². The van der Waals surface area contributed by atoms with Crippen LogP contribution >= 0.6 is 0 Å². The Kier molecular flexibility index (Phi) is 6.11. The van der Waals surface area contributed by atoms with Crippen molar-refractivity contribution in [3.05, 3.63) is 48.0 Å². The summed E-state index contributed by atoms with van der Waals surface area (Å²) in [4.78, 5) is 26.9. The topological polar surface area (TPSA) is 69.6 Å². The lowest BCUT2D eigenvalue weighted by Crippen LogP contribution is -2.52. The maximum absolute atomic E-state index is 12.7. The molecular weight excluding hydrogens is 340 g/mol. The number of carbonyl (C=O) groups excluding carboxylic acids is 1. The van der Waals surface area contributed by atoms with E-state index in [2.05, 4.69) is 10.2 Å². The van der Waals surface area contributed by atoms with E-state index in [0.29, 0.717) is 12.0 Å². The van der Waals surface area contributed by atoms with Gasteiger partial charge in [0.15, 0.2) is 0 Å². The quantitative estimate of drug-likeness (QED) is 0.698. The van der Waals surface area contributed by atoms with Crippen molar-refractivity contribution in [2.24, 2.45) is 0 Å². The van der Waals surface area contributed by atoms with Crippen molar-refractivity contribution in [3.63, 3.8) is 0 Å². The van der Waals surface area contributed by atoms with Gasteiger partial charge in [-0.3, -0.25) is 4.79 Å². The first kappa shape index (κ1) is 19.4. The molecule has 2 aromatic rings. The monoisotopic (exact) mass is 368 g/mol. The van der Waals surface area contributed by atoms with Crippen molar-refractivity contribution in [1.82, 2.24) is 10.2 Å². The number of aliphatic carboxylic acids is 1. The average molecular weight is 368 g/mol. The minimum absolute atomic E-state index is 0.342. The van der Waals surface area contributed by atoms with E-state index >= 15 is 0 Å². The number of amides is 1. The molecule has 1 aliphatic heterocycles. The van der Waals surface area contributed by atoms with Gasteiger partial charge in [0.2, 0.25) is 0 Å². The summed E-state index contributed by atoms with van der Waals surface area (Å²) in [6.45, 7) is 4.91. The molecule has 144 valence electrons. The van der Waals surface area contributed by atoms with Crippen LogP contribution in [0.5, 0.6) is 0 Å². The van der Waals surface area contributed by atoms with E-state index in [-0.39, 0.29) is 5.91 Å². The van der Waals surface area contributed by atoms with E-state index in [0.717, 1.165) is 43.2 Å². The van der Waals surface area contributed by atoms with E-state index in [1.807, 2.05) is 30.3 Å². The van der Waals surface area contributed by atoms with Gasteiger partial charge in [-0.05, 0) is 81.6 Å². The van der Waals surface area contributed by atoms with Gasteiger partial charge in [-0.15, -0.1) is 0 Å². The molecule has 1 heterocycles. The van der Waals surface area contributed by atoms with E-state index in [1.165, 1.54) is 12.8 Å². The summed E-state index contributed by atoms with van der Waals surface area (Å²) >= 11 is 0. The van der Waals surface area contributed by atoms with Crippen molar-refractivity contribution in [2.75, 3.05) is 19.6 Å². The van der Waals surface area contributed by atoms with Crippen molar-refractivity contribution in [3.8, 4) is 0 Å². The summed E-state index contributed by atoms with van der Waals surface area (Å²) in [6.07, 6.45) is 4.67. The fourth-order valence-electron chi connectivity index (χ4n) is 3.70. The third-order valence-electron chi connectivity index (χ3n) is 5.47. The van der Waals surface area contributed by atoms with E-state index in [4.69, 9.17) is 0 Å². The Balaban J connectivity index is 1.60. The number of likely N-dealkylation sites (tertiary alicyclic amines) is 1. The number of unbranched alkanes of at least 4 members (excludes halogenated alkanes) is 1. The van der Waals surface area contributed by atoms with Crippen LogP contribution in [0.1, 0.15) is 49.4 Å². The number of carboxylic acid groups (broad SMARTS) is 1. The van der Waals surface area contributed by atoms with Gasteiger partial charge >= 0.3 is 5.97 Å². The zero-order valence-corrected chi connectivity index (χ0v) is 15.9. The number of fused-ring (bicyclic) bond motifs is 1. The van der Waals surface area contributed by atoms with Crippen LogP contribution in [-0.4, -0.2) is 47.1 Å². The van der Waals surface area contributed by atoms with Crippen LogP contribution in [0.15, 0.2) is 42.5 Å². The molecule has 0 aromatic heterocycles. The smallest absolute Gasteiger partial charge is 0.329 e. The molecule has 0 radical (unpaired) electrons. The fourth-order valence-corrected chi connectivity index (χ4v) is 3.70. The number of hydrogen-bond donors (Lipinski definition) is 2. The van der Waals surface area contributed by atoms with Gasteiger partial charge in [0.05, 0.1) is 0 Å². The molecule has 0 saturated carbocycles. The average Bonchev–Trinajstić information content (AvgIpc) is 3.18. The first-order valence-corrected chi connectivity index (χ1v) is 9.75. The van der Waals surface area contributed by atoms with E-state index in [9.17, 15) is 14.7 Å².